The van der Waals surface area contributed by atoms with Crippen molar-refractivity contribution in [3.8, 4) is 0 Å². The standard InChI is InChI=1S/C21H17N3O6/c25-22(26)18-8-1-15(2-9-18)3-14-21(16-4-10-19(11-5-16)23(27)28)17-6-12-20(13-7-17)24(29)30/h1-2,4-13,21H,3,14H2. The molecular weight excluding hydrogens is 390 g/mol. The number of hydrogen-bond donors (Lipinski definition) is 0. The topological polar surface area (TPSA) is 129 Å². The number of non-ortho nitro benzene ring substituents is 3. The molecule has 0 aromatic heterocycles. The molecule has 3 rings (SSSR count). The van der Waals surface area contributed by atoms with Gasteiger partial charge in [-0.05, 0) is 29.5 Å². The largest absolute Gasteiger partial charge is 0.269 e. The molecule has 0 atom stereocenters. The first-order chi connectivity index (χ1) is 14.3. The van der Waals surface area contributed by atoms with Crippen LogP contribution in [-0.2, 0) is 6.42 Å². The number of rotatable bonds is 8. The number of benzene rings is 3. The Bertz CT molecular complexity index is 1010. The number of nitro groups is 3. The summed E-state index contributed by atoms with van der Waals surface area (Å²) < 4.78 is 0. The maximum absolute atomic E-state index is 10.9. The Morgan fingerprint density at radius 1 is 0.567 bits per heavy atom. The Morgan fingerprint density at radius 2 is 0.900 bits per heavy atom. The molecule has 0 bridgehead atoms. The lowest BCUT2D eigenvalue weighted by Crippen LogP contribution is -2.04. The summed E-state index contributed by atoms with van der Waals surface area (Å²) >= 11 is 0. The van der Waals surface area contributed by atoms with E-state index in [4.69, 9.17) is 0 Å². The van der Waals surface area contributed by atoms with Crippen LogP contribution in [0.4, 0.5) is 17.1 Å². The quantitative estimate of drug-likeness (QED) is 0.374. The molecule has 0 radical (unpaired) electrons. The lowest BCUT2D eigenvalue weighted by atomic mass is 9.86. The molecule has 30 heavy (non-hydrogen) atoms. The molecule has 152 valence electrons. The first-order valence-electron chi connectivity index (χ1n) is 9.07. The number of nitro benzene ring substituents is 3. The van der Waals surface area contributed by atoms with E-state index in [-0.39, 0.29) is 23.0 Å². The predicted molar refractivity (Wildman–Crippen MR) is 109 cm³/mol. The van der Waals surface area contributed by atoms with Crippen LogP contribution in [-0.4, -0.2) is 14.8 Å². The van der Waals surface area contributed by atoms with E-state index in [1.165, 1.54) is 36.4 Å². The fourth-order valence-corrected chi connectivity index (χ4v) is 3.28. The van der Waals surface area contributed by atoms with E-state index in [0.29, 0.717) is 12.8 Å². The molecule has 0 saturated carbocycles. The molecule has 0 unspecified atom stereocenters. The van der Waals surface area contributed by atoms with Gasteiger partial charge in [0, 0.05) is 42.3 Å². The average molecular weight is 407 g/mol. The normalized spacial score (nSPS) is 10.7. The highest BCUT2D eigenvalue weighted by Crippen LogP contribution is 2.32. The molecule has 0 aliphatic rings. The molecule has 0 amide bonds. The third-order valence-corrected chi connectivity index (χ3v) is 4.88. The minimum absolute atomic E-state index is 0.0148. The second kappa shape index (κ2) is 8.91. The van der Waals surface area contributed by atoms with Crippen molar-refractivity contribution in [1.82, 2.24) is 0 Å². The lowest BCUT2D eigenvalue weighted by molar-refractivity contribution is -0.385. The summed E-state index contributed by atoms with van der Waals surface area (Å²) in [5, 5.41) is 32.7. The van der Waals surface area contributed by atoms with Crippen molar-refractivity contribution in [2.75, 3.05) is 0 Å². The van der Waals surface area contributed by atoms with E-state index >= 15 is 0 Å². The van der Waals surface area contributed by atoms with Crippen molar-refractivity contribution in [1.29, 1.82) is 0 Å². The Labute approximate surface area is 171 Å². The van der Waals surface area contributed by atoms with Gasteiger partial charge in [-0.25, -0.2) is 0 Å². The van der Waals surface area contributed by atoms with Gasteiger partial charge in [0.05, 0.1) is 14.8 Å². The van der Waals surface area contributed by atoms with Gasteiger partial charge in [-0.1, -0.05) is 36.4 Å². The van der Waals surface area contributed by atoms with Crippen LogP contribution >= 0.6 is 0 Å². The first kappa shape index (κ1) is 20.6. The van der Waals surface area contributed by atoms with Crippen molar-refractivity contribution in [2.45, 2.75) is 18.8 Å². The summed E-state index contributed by atoms with van der Waals surface area (Å²) in [5.41, 5.74) is 2.58. The molecule has 9 nitrogen and oxygen atoms in total. The van der Waals surface area contributed by atoms with Gasteiger partial charge in [0.15, 0.2) is 0 Å². The van der Waals surface area contributed by atoms with Gasteiger partial charge in [0.25, 0.3) is 17.1 Å². The summed E-state index contributed by atoms with van der Waals surface area (Å²) in [5.74, 6) is -0.151. The van der Waals surface area contributed by atoms with E-state index in [9.17, 15) is 30.3 Å². The Balaban J connectivity index is 1.87. The van der Waals surface area contributed by atoms with Crippen molar-refractivity contribution >= 4 is 17.1 Å². The van der Waals surface area contributed by atoms with Crippen LogP contribution in [0.15, 0.2) is 72.8 Å². The van der Waals surface area contributed by atoms with Crippen LogP contribution in [0.2, 0.25) is 0 Å². The highest BCUT2D eigenvalue weighted by atomic mass is 16.6. The van der Waals surface area contributed by atoms with Gasteiger partial charge < -0.3 is 0 Å². The predicted octanol–water partition coefficient (Wildman–Crippen LogP) is 5.18. The molecule has 0 saturated heterocycles. The van der Waals surface area contributed by atoms with Crippen molar-refractivity contribution in [3.63, 3.8) is 0 Å². The van der Waals surface area contributed by atoms with E-state index in [1.807, 2.05) is 0 Å². The maximum atomic E-state index is 10.9. The van der Waals surface area contributed by atoms with Crippen molar-refractivity contribution in [2.24, 2.45) is 0 Å². The van der Waals surface area contributed by atoms with E-state index in [0.717, 1.165) is 16.7 Å². The summed E-state index contributed by atoms with van der Waals surface area (Å²) in [6, 6.07) is 18.7. The minimum Gasteiger partial charge on any atom is -0.258 e. The fourth-order valence-electron chi connectivity index (χ4n) is 3.28. The second-order valence-electron chi connectivity index (χ2n) is 6.71. The summed E-state index contributed by atoms with van der Waals surface area (Å²) in [6.07, 6.45) is 1.23. The van der Waals surface area contributed by atoms with Crippen LogP contribution in [0.5, 0.6) is 0 Å². The lowest BCUT2D eigenvalue weighted by Gasteiger charge is -2.18. The zero-order chi connectivity index (χ0) is 21.7. The number of aryl methyl sites for hydroxylation is 1. The summed E-state index contributed by atoms with van der Waals surface area (Å²) in [7, 11) is 0. The minimum atomic E-state index is -0.471. The molecule has 0 heterocycles. The van der Waals surface area contributed by atoms with Gasteiger partial charge in [-0.15, -0.1) is 0 Å². The molecule has 3 aromatic carbocycles. The molecule has 3 aromatic rings. The monoisotopic (exact) mass is 407 g/mol. The number of nitrogens with zero attached hydrogens (tertiary/aromatic N) is 3. The fraction of sp³-hybridized carbons (Fsp3) is 0.143. The van der Waals surface area contributed by atoms with E-state index in [1.54, 1.807) is 36.4 Å². The molecule has 0 aliphatic heterocycles. The third-order valence-electron chi connectivity index (χ3n) is 4.88. The molecule has 0 fully saturated rings. The highest BCUT2D eigenvalue weighted by Gasteiger charge is 2.17. The van der Waals surface area contributed by atoms with Gasteiger partial charge in [0.1, 0.15) is 0 Å². The maximum Gasteiger partial charge on any atom is 0.269 e. The first-order valence-corrected chi connectivity index (χ1v) is 9.07. The smallest absolute Gasteiger partial charge is 0.258 e. The van der Waals surface area contributed by atoms with Gasteiger partial charge in [-0.2, -0.15) is 0 Å². The summed E-state index contributed by atoms with van der Waals surface area (Å²) in [4.78, 5) is 31.3. The Kier molecular flexibility index (Phi) is 6.11. The van der Waals surface area contributed by atoms with Crippen molar-refractivity contribution < 1.29 is 14.8 Å². The molecule has 0 spiro atoms. The highest BCUT2D eigenvalue weighted by molar-refractivity contribution is 5.42. The average Bonchev–Trinajstić information content (AvgIpc) is 2.75. The SMILES string of the molecule is O=[N+]([O-])c1ccc(CCC(c2ccc([N+](=O)[O-])cc2)c2ccc([N+](=O)[O-])cc2)cc1. The van der Waals surface area contributed by atoms with Crippen LogP contribution in [0.3, 0.4) is 0 Å². The zero-order valence-corrected chi connectivity index (χ0v) is 15.7. The van der Waals surface area contributed by atoms with Crippen LogP contribution in [0.1, 0.15) is 29.0 Å². The second-order valence-corrected chi connectivity index (χ2v) is 6.71. The van der Waals surface area contributed by atoms with Gasteiger partial charge in [0.2, 0.25) is 0 Å². The van der Waals surface area contributed by atoms with Crippen LogP contribution < -0.4 is 0 Å². The van der Waals surface area contributed by atoms with Crippen LogP contribution in [0.25, 0.3) is 0 Å². The third kappa shape index (κ3) is 4.82. The molecule has 0 aliphatic carbocycles. The zero-order valence-electron chi connectivity index (χ0n) is 15.7. The van der Waals surface area contributed by atoms with Crippen molar-refractivity contribution in [3.05, 3.63) is 120 Å². The Morgan fingerprint density at radius 3 is 1.23 bits per heavy atom. The summed E-state index contributed by atoms with van der Waals surface area (Å²) in [6.45, 7) is 0. The van der Waals surface area contributed by atoms with Gasteiger partial charge >= 0.3 is 0 Å². The van der Waals surface area contributed by atoms with E-state index < -0.39 is 14.8 Å². The molecule has 0 N–H and O–H groups in total. The number of hydrogen-bond acceptors (Lipinski definition) is 6. The van der Waals surface area contributed by atoms with Crippen LogP contribution in [0, 0.1) is 30.3 Å². The molecule has 9 heteroatoms. The molecular formula is C21H17N3O6. The Hall–Kier alpha value is -4.14. The van der Waals surface area contributed by atoms with E-state index in [2.05, 4.69) is 0 Å². The van der Waals surface area contributed by atoms with Gasteiger partial charge in [-0.3, -0.25) is 30.3 Å².